The molecule has 3 rings (SSSR count). The Labute approximate surface area is 119 Å². The summed E-state index contributed by atoms with van der Waals surface area (Å²) in [4.78, 5) is 14.3. The fourth-order valence-corrected chi connectivity index (χ4v) is 3.15. The SMILES string of the molecule is COC1C(OC2CCCC2)C(=O)CN1c1ccccc1. The Bertz CT molecular complexity index is 456. The molecule has 0 N–H and O–H groups in total. The van der Waals surface area contributed by atoms with Crippen LogP contribution in [-0.4, -0.2) is 37.9 Å². The molecule has 1 saturated carbocycles. The molecule has 0 aromatic heterocycles. The standard InChI is InChI=1S/C16H21NO3/c1-19-16-15(20-13-9-5-6-10-13)14(18)11-17(16)12-7-3-2-4-8-12/h2-4,7-8,13,15-16H,5-6,9-11H2,1H3. The van der Waals surface area contributed by atoms with Crippen LogP contribution >= 0.6 is 0 Å². The Morgan fingerprint density at radius 3 is 2.50 bits per heavy atom. The van der Waals surface area contributed by atoms with E-state index in [1.165, 1.54) is 12.8 Å². The van der Waals surface area contributed by atoms with Crippen LogP contribution < -0.4 is 4.90 Å². The third kappa shape index (κ3) is 2.58. The Hall–Kier alpha value is -1.39. The molecule has 108 valence electrons. The van der Waals surface area contributed by atoms with Gasteiger partial charge in [0.1, 0.15) is 0 Å². The molecule has 1 aliphatic carbocycles. The van der Waals surface area contributed by atoms with Gasteiger partial charge in [0.15, 0.2) is 18.1 Å². The van der Waals surface area contributed by atoms with E-state index >= 15 is 0 Å². The largest absolute Gasteiger partial charge is 0.362 e. The van der Waals surface area contributed by atoms with E-state index in [1.807, 2.05) is 35.2 Å². The molecule has 2 fully saturated rings. The number of rotatable bonds is 4. The number of carbonyl (C=O) groups excluding carboxylic acids is 1. The molecule has 1 saturated heterocycles. The highest BCUT2D eigenvalue weighted by molar-refractivity contribution is 5.92. The van der Waals surface area contributed by atoms with Crippen molar-refractivity contribution in [1.82, 2.24) is 0 Å². The summed E-state index contributed by atoms with van der Waals surface area (Å²) < 4.78 is 11.6. The van der Waals surface area contributed by atoms with Gasteiger partial charge in [-0.15, -0.1) is 0 Å². The number of ether oxygens (including phenoxy) is 2. The molecular weight excluding hydrogens is 254 g/mol. The van der Waals surface area contributed by atoms with E-state index in [9.17, 15) is 4.79 Å². The van der Waals surface area contributed by atoms with Crippen molar-refractivity contribution in [3.8, 4) is 0 Å². The van der Waals surface area contributed by atoms with Crippen LogP contribution in [0, 0.1) is 0 Å². The lowest BCUT2D eigenvalue weighted by atomic mass is 10.2. The molecule has 1 aromatic rings. The summed E-state index contributed by atoms with van der Waals surface area (Å²) in [5.74, 6) is 0.118. The minimum Gasteiger partial charge on any atom is -0.362 e. The van der Waals surface area contributed by atoms with E-state index in [1.54, 1.807) is 7.11 Å². The van der Waals surface area contributed by atoms with Crippen molar-refractivity contribution in [2.45, 2.75) is 44.1 Å². The number of hydrogen-bond acceptors (Lipinski definition) is 4. The number of methoxy groups -OCH3 is 1. The first-order valence-electron chi connectivity index (χ1n) is 7.32. The van der Waals surface area contributed by atoms with E-state index in [-0.39, 0.29) is 18.1 Å². The predicted molar refractivity (Wildman–Crippen MR) is 76.7 cm³/mol. The lowest BCUT2D eigenvalue weighted by molar-refractivity contribution is -0.137. The first kappa shape index (κ1) is 13.6. The molecule has 0 amide bonds. The fraction of sp³-hybridized carbons (Fsp3) is 0.562. The zero-order chi connectivity index (χ0) is 13.9. The van der Waals surface area contributed by atoms with Gasteiger partial charge in [-0.2, -0.15) is 0 Å². The van der Waals surface area contributed by atoms with Crippen molar-refractivity contribution in [3.05, 3.63) is 30.3 Å². The van der Waals surface area contributed by atoms with Gasteiger partial charge in [-0.1, -0.05) is 31.0 Å². The third-order valence-electron chi connectivity index (χ3n) is 4.18. The topological polar surface area (TPSA) is 38.8 Å². The summed E-state index contributed by atoms with van der Waals surface area (Å²) in [5.41, 5.74) is 1.00. The van der Waals surface area contributed by atoms with Crippen molar-refractivity contribution < 1.29 is 14.3 Å². The summed E-state index contributed by atoms with van der Waals surface area (Å²) in [6.07, 6.45) is 3.97. The summed E-state index contributed by atoms with van der Waals surface area (Å²) in [5, 5.41) is 0. The molecular formula is C16H21NO3. The van der Waals surface area contributed by atoms with Crippen molar-refractivity contribution in [1.29, 1.82) is 0 Å². The Balaban J connectivity index is 1.76. The van der Waals surface area contributed by atoms with E-state index in [0.717, 1.165) is 18.5 Å². The zero-order valence-corrected chi connectivity index (χ0v) is 11.8. The first-order chi connectivity index (χ1) is 9.79. The molecule has 2 aliphatic rings. The van der Waals surface area contributed by atoms with Crippen molar-refractivity contribution in [2.75, 3.05) is 18.6 Å². The van der Waals surface area contributed by atoms with E-state index in [4.69, 9.17) is 9.47 Å². The van der Waals surface area contributed by atoms with Gasteiger partial charge in [0.2, 0.25) is 0 Å². The van der Waals surface area contributed by atoms with Crippen LogP contribution in [0.1, 0.15) is 25.7 Å². The van der Waals surface area contributed by atoms with Gasteiger partial charge in [0, 0.05) is 12.8 Å². The third-order valence-corrected chi connectivity index (χ3v) is 4.18. The maximum absolute atomic E-state index is 12.3. The van der Waals surface area contributed by atoms with Gasteiger partial charge in [-0.05, 0) is 25.0 Å². The van der Waals surface area contributed by atoms with Gasteiger partial charge in [0.25, 0.3) is 0 Å². The Kier molecular flexibility index (Phi) is 4.03. The smallest absolute Gasteiger partial charge is 0.185 e. The van der Waals surface area contributed by atoms with Gasteiger partial charge in [-0.3, -0.25) is 4.79 Å². The van der Waals surface area contributed by atoms with Crippen LogP contribution in [0.5, 0.6) is 0 Å². The molecule has 1 aromatic carbocycles. The van der Waals surface area contributed by atoms with Gasteiger partial charge < -0.3 is 14.4 Å². The fourth-order valence-electron chi connectivity index (χ4n) is 3.15. The summed E-state index contributed by atoms with van der Waals surface area (Å²) in [6.45, 7) is 0.361. The van der Waals surface area contributed by atoms with Crippen LogP contribution in [0.25, 0.3) is 0 Å². The summed E-state index contributed by atoms with van der Waals surface area (Å²) in [7, 11) is 1.64. The van der Waals surface area contributed by atoms with E-state index < -0.39 is 6.10 Å². The quantitative estimate of drug-likeness (QED) is 0.845. The highest BCUT2D eigenvalue weighted by atomic mass is 16.6. The number of para-hydroxylation sites is 1. The Morgan fingerprint density at radius 1 is 1.15 bits per heavy atom. The number of ketones is 1. The minimum absolute atomic E-state index is 0.118. The monoisotopic (exact) mass is 275 g/mol. The molecule has 4 nitrogen and oxygen atoms in total. The van der Waals surface area contributed by atoms with Crippen molar-refractivity contribution in [2.24, 2.45) is 0 Å². The van der Waals surface area contributed by atoms with Crippen LogP contribution in [0.2, 0.25) is 0 Å². The molecule has 1 aliphatic heterocycles. The number of nitrogens with zero attached hydrogens (tertiary/aromatic N) is 1. The van der Waals surface area contributed by atoms with Gasteiger partial charge in [0.05, 0.1) is 12.6 Å². The molecule has 0 bridgehead atoms. The lowest BCUT2D eigenvalue weighted by Crippen LogP contribution is -2.40. The highest BCUT2D eigenvalue weighted by Crippen LogP contribution is 2.30. The summed E-state index contributed by atoms with van der Waals surface area (Å²) in [6, 6.07) is 9.90. The Morgan fingerprint density at radius 2 is 1.85 bits per heavy atom. The van der Waals surface area contributed by atoms with Gasteiger partial charge >= 0.3 is 0 Å². The van der Waals surface area contributed by atoms with E-state index in [2.05, 4.69) is 0 Å². The highest BCUT2D eigenvalue weighted by Gasteiger charge is 2.43. The van der Waals surface area contributed by atoms with Gasteiger partial charge in [-0.25, -0.2) is 0 Å². The van der Waals surface area contributed by atoms with E-state index in [0.29, 0.717) is 6.54 Å². The number of Topliss-reactive ketones (excluding diaryl/α,β-unsaturated/α-hetero) is 1. The minimum atomic E-state index is -0.455. The average molecular weight is 275 g/mol. The molecule has 1 heterocycles. The normalized spacial score (nSPS) is 27.4. The number of benzene rings is 1. The maximum atomic E-state index is 12.3. The molecule has 2 unspecified atom stereocenters. The van der Waals surface area contributed by atoms with Crippen molar-refractivity contribution in [3.63, 3.8) is 0 Å². The lowest BCUT2D eigenvalue weighted by Gasteiger charge is -2.28. The maximum Gasteiger partial charge on any atom is 0.185 e. The number of hydrogen-bond donors (Lipinski definition) is 0. The molecule has 20 heavy (non-hydrogen) atoms. The molecule has 0 radical (unpaired) electrons. The number of carbonyl (C=O) groups is 1. The molecule has 2 atom stereocenters. The van der Waals surface area contributed by atoms with Crippen LogP contribution in [-0.2, 0) is 14.3 Å². The van der Waals surface area contributed by atoms with Crippen LogP contribution in [0.3, 0.4) is 0 Å². The van der Waals surface area contributed by atoms with Crippen molar-refractivity contribution >= 4 is 11.5 Å². The average Bonchev–Trinajstić information content (AvgIpc) is 3.09. The second kappa shape index (κ2) is 5.94. The predicted octanol–water partition coefficient (Wildman–Crippen LogP) is 2.38. The second-order valence-electron chi connectivity index (χ2n) is 5.52. The second-order valence-corrected chi connectivity index (χ2v) is 5.52. The zero-order valence-electron chi connectivity index (χ0n) is 11.8. The number of anilines is 1. The molecule has 0 spiro atoms. The van der Waals surface area contributed by atoms with Crippen LogP contribution in [0.4, 0.5) is 5.69 Å². The van der Waals surface area contributed by atoms with Crippen LogP contribution in [0.15, 0.2) is 30.3 Å². The summed E-state index contributed by atoms with van der Waals surface area (Å²) >= 11 is 0. The first-order valence-corrected chi connectivity index (χ1v) is 7.32. The molecule has 4 heteroatoms.